The average Bonchev–Trinajstić information content (AvgIpc) is 2.95. The molecule has 0 bridgehead atoms. The van der Waals surface area contributed by atoms with Crippen molar-refractivity contribution in [3.8, 4) is 0 Å². The van der Waals surface area contributed by atoms with E-state index >= 15 is 0 Å². The third-order valence-corrected chi connectivity index (χ3v) is 3.96. The molecule has 128 valence electrons. The van der Waals surface area contributed by atoms with Crippen molar-refractivity contribution in [1.82, 2.24) is 14.7 Å². The van der Waals surface area contributed by atoms with Crippen molar-refractivity contribution >= 4 is 11.9 Å². The van der Waals surface area contributed by atoms with Crippen LogP contribution in [-0.2, 0) is 11.3 Å². The van der Waals surface area contributed by atoms with Crippen molar-refractivity contribution in [2.45, 2.75) is 71.6 Å². The Morgan fingerprint density at radius 3 is 2.70 bits per heavy atom. The van der Waals surface area contributed by atoms with Crippen molar-refractivity contribution < 1.29 is 14.3 Å². The van der Waals surface area contributed by atoms with Crippen LogP contribution in [0.2, 0.25) is 0 Å². The molecule has 0 aromatic carbocycles. The van der Waals surface area contributed by atoms with E-state index in [1.54, 1.807) is 22.0 Å². The van der Waals surface area contributed by atoms with Crippen LogP contribution in [0.15, 0.2) is 12.4 Å². The zero-order valence-electron chi connectivity index (χ0n) is 14.5. The lowest BCUT2D eigenvalue weighted by molar-refractivity contribution is 0.00946. The lowest BCUT2D eigenvalue weighted by atomic mass is 9.96. The first kappa shape index (κ1) is 17.5. The summed E-state index contributed by atoms with van der Waals surface area (Å²) in [5.41, 5.74) is 0.0901. The molecule has 1 unspecified atom stereocenters. The Morgan fingerprint density at radius 2 is 2.09 bits per heavy atom. The highest BCUT2D eigenvalue weighted by atomic mass is 16.6. The van der Waals surface area contributed by atoms with Gasteiger partial charge in [-0.05, 0) is 47.0 Å². The van der Waals surface area contributed by atoms with Gasteiger partial charge in [-0.2, -0.15) is 5.10 Å². The Bertz CT molecular complexity index is 560. The number of rotatable bonds is 4. The Balaban J connectivity index is 2.03. The molecule has 23 heavy (non-hydrogen) atoms. The molecule has 0 radical (unpaired) electrons. The number of hydrogen-bond donors (Lipinski definition) is 0. The molecule has 1 aliphatic rings. The lowest BCUT2D eigenvalue weighted by Crippen LogP contribution is -2.46. The zero-order chi connectivity index (χ0) is 17.0. The van der Waals surface area contributed by atoms with E-state index in [1.807, 2.05) is 27.7 Å². The molecule has 0 aliphatic carbocycles. The number of ether oxygens (including phenoxy) is 1. The molecule has 1 atom stereocenters. The van der Waals surface area contributed by atoms with E-state index in [0.29, 0.717) is 18.5 Å². The van der Waals surface area contributed by atoms with Gasteiger partial charge in [-0.1, -0.05) is 0 Å². The van der Waals surface area contributed by atoms with Gasteiger partial charge in [-0.3, -0.25) is 9.48 Å². The molecule has 1 aromatic heterocycles. The molecular formula is C17H27N3O3. The second-order valence-corrected chi connectivity index (χ2v) is 7.04. The lowest BCUT2D eigenvalue weighted by Gasteiger charge is -2.36. The highest BCUT2D eigenvalue weighted by Crippen LogP contribution is 2.23. The first-order valence-electron chi connectivity index (χ1n) is 8.35. The number of hydrogen-bond acceptors (Lipinski definition) is 4. The Hall–Kier alpha value is -1.85. The number of nitrogens with zero attached hydrogens (tertiary/aromatic N) is 3. The molecule has 2 rings (SSSR count). The molecule has 1 amide bonds. The van der Waals surface area contributed by atoms with E-state index in [-0.39, 0.29) is 17.9 Å². The average molecular weight is 321 g/mol. The fraction of sp³-hybridized carbons (Fsp3) is 0.706. The summed E-state index contributed by atoms with van der Waals surface area (Å²) < 4.78 is 7.21. The van der Waals surface area contributed by atoms with Crippen LogP contribution in [0.3, 0.4) is 0 Å². The van der Waals surface area contributed by atoms with Gasteiger partial charge in [-0.15, -0.1) is 0 Å². The molecule has 6 heteroatoms. The number of aromatic nitrogens is 2. The van der Waals surface area contributed by atoms with E-state index in [2.05, 4.69) is 5.10 Å². The minimum atomic E-state index is -0.522. The molecule has 0 spiro atoms. The van der Waals surface area contributed by atoms with E-state index in [4.69, 9.17) is 4.74 Å². The molecule has 2 heterocycles. The van der Waals surface area contributed by atoms with E-state index in [9.17, 15) is 9.59 Å². The van der Waals surface area contributed by atoms with Gasteiger partial charge in [0.15, 0.2) is 5.78 Å². The quantitative estimate of drug-likeness (QED) is 0.798. The third-order valence-electron chi connectivity index (χ3n) is 3.96. The van der Waals surface area contributed by atoms with Crippen LogP contribution in [-0.4, -0.2) is 44.7 Å². The first-order valence-corrected chi connectivity index (χ1v) is 8.35. The van der Waals surface area contributed by atoms with Gasteiger partial charge in [0.2, 0.25) is 0 Å². The van der Waals surface area contributed by atoms with Gasteiger partial charge in [0.1, 0.15) is 5.60 Å². The van der Waals surface area contributed by atoms with Crippen LogP contribution in [0.4, 0.5) is 4.79 Å². The second kappa shape index (κ2) is 7.15. The Kier molecular flexibility index (Phi) is 5.44. The summed E-state index contributed by atoms with van der Waals surface area (Å²) in [5, 5.41) is 4.14. The number of aryl methyl sites for hydroxylation is 1. The molecule has 1 aliphatic heterocycles. The molecule has 0 N–H and O–H groups in total. The van der Waals surface area contributed by atoms with Crippen LogP contribution in [0.1, 0.15) is 63.7 Å². The molecular weight excluding hydrogens is 294 g/mol. The maximum atomic E-state index is 12.5. The summed E-state index contributed by atoms with van der Waals surface area (Å²) in [5.74, 6) is 0.0326. The topological polar surface area (TPSA) is 64.4 Å². The van der Waals surface area contributed by atoms with Crippen molar-refractivity contribution in [2.75, 3.05) is 6.54 Å². The van der Waals surface area contributed by atoms with Crippen LogP contribution in [0.5, 0.6) is 0 Å². The summed E-state index contributed by atoms with van der Waals surface area (Å²) in [7, 11) is 0. The number of piperidine rings is 1. The Labute approximate surface area is 137 Å². The molecule has 6 nitrogen and oxygen atoms in total. The van der Waals surface area contributed by atoms with Crippen molar-refractivity contribution in [2.24, 2.45) is 0 Å². The number of amides is 1. The minimum absolute atomic E-state index is 0.0326. The summed E-state index contributed by atoms with van der Waals surface area (Å²) >= 11 is 0. The smallest absolute Gasteiger partial charge is 0.410 e. The van der Waals surface area contributed by atoms with Gasteiger partial charge < -0.3 is 9.64 Å². The minimum Gasteiger partial charge on any atom is -0.444 e. The fourth-order valence-corrected chi connectivity index (χ4v) is 2.79. The molecule has 1 fully saturated rings. The van der Waals surface area contributed by atoms with Gasteiger partial charge >= 0.3 is 6.09 Å². The number of carbonyl (C=O) groups excluding carboxylic acids is 2. The van der Waals surface area contributed by atoms with Gasteiger partial charge in [-0.25, -0.2) is 4.79 Å². The zero-order valence-corrected chi connectivity index (χ0v) is 14.5. The van der Waals surface area contributed by atoms with E-state index in [0.717, 1.165) is 25.8 Å². The first-order chi connectivity index (χ1) is 10.8. The van der Waals surface area contributed by atoms with Crippen LogP contribution in [0.25, 0.3) is 0 Å². The van der Waals surface area contributed by atoms with Crippen molar-refractivity contribution in [3.63, 3.8) is 0 Å². The molecule has 1 aromatic rings. The predicted octanol–water partition coefficient (Wildman–Crippen LogP) is 3.27. The van der Waals surface area contributed by atoms with E-state index < -0.39 is 5.60 Å². The molecule has 1 saturated heterocycles. The summed E-state index contributed by atoms with van der Waals surface area (Å²) in [6.45, 7) is 8.94. The second-order valence-electron chi connectivity index (χ2n) is 7.04. The third kappa shape index (κ3) is 4.81. The SMILES string of the molecule is CCn1cc(C(=O)CC2CCCCN2C(=O)OC(C)(C)C)cn1. The number of likely N-dealkylation sites (tertiary alicyclic amines) is 1. The standard InChI is InChI=1S/C17H27N3O3/c1-5-19-12-13(11-18-19)15(21)10-14-8-6-7-9-20(14)16(22)23-17(2,3)4/h11-12,14H,5-10H2,1-4H3. The van der Waals surface area contributed by atoms with Gasteiger partial charge in [0, 0.05) is 31.7 Å². The van der Waals surface area contributed by atoms with Gasteiger partial charge in [0.05, 0.1) is 11.8 Å². The molecule has 0 saturated carbocycles. The summed E-state index contributed by atoms with van der Waals surface area (Å²) in [4.78, 5) is 26.6. The number of ketones is 1. The van der Waals surface area contributed by atoms with Crippen molar-refractivity contribution in [1.29, 1.82) is 0 Å². The largest absolute Gasteiger partial charge is 0.444 e. The number of carbonyl (C=O) groups is 2. The Morgan fingerprint density at radius 1 is 1.35 bits per heavy atom. The van der Waals surface area contributed by atoms with E-state index in [1.165, 1.54) is 0 Å². The van der Waals surface area contributed by atoms with Crippen LogP contribution >= 0.6 is 0 Å². The summed E-state index contributed by atoms with van der Waals surface area (Å²) in [6.07, 6.45) is 6.21. The predicted molar refractivity (Wildman–Crippen MR) is 87.4 cm³/mol. The maximum absolute atomic E-state index is 12.5. The van der Waals surface area contributed by atoms with Crippen LogP contribution < -0.4 is 0 Å². The number of Topliss-reactive ketones (excluding diaryl/α,β-unsaturated/α-hetero) is 1. The fourth-order valence-electron chi connectivity index (χ4n) is 2.79. The monoisotopic (exact) mass is 321 g/mol. The maximum Gasteiger partial charge on any atom is 0.410 e. The summed E-state index contributed by atoms with van der Waals surface area (Å²) in [6, 6.07) is -0.0870. The highest BCUT2D eigenvalue weighted by molar-refractivity contribution is 5.96. The normalized spacial score (nSPS) is 18.8. The van der Waals surface area contributed by atoms with Crippen LogP contribution in [0, 0.1) is 0 Å². The van der Waals surface area contributed by atoms with Crippen molar-refractivity contribution in [3.05, 3.63) is 18.0 Å². The highest BCUT2D eigenvalue weighted by Gasteiger charge is 2.32. The van der Waals surface area contributed by atoms with Gasteiger partial charge in [0.25, 0.3) is 0 Å².